The lowest BCUT2D eigenvalue weighted by Gasteiger charge is -2.28. The maximum Gasteiger partial charge on any atom is 0.408 e. The van der Waals surface area contributed by atoms with Crippen LogP contribution in [-0.4, -0.2) is 11.7 Å². The van der Waals surface area contributed by atoms with Gasteiger partial charge in [0.2, 0.25) is 0 Å². The van der Waals surface area contributed by atoms with Crippen LogP contribution in [0.3, 0.4) is 0 Å². The van der Waals surface area contributed by atoms with Gasteiger partial charge >= 0.3 is 6.09 Å². The molecule has 1 N–H and O–H groups in total. The van der Waals surface area contributed by atoms with Crippen molar-refractivity contribution in [2.24, 2.45) is 5.92 Å². The van der Waals surface area contributed by atoms with E-state index < -0.39 is 5.60 Å². The van der Waals surface area contributed by atoms with E-state index in [-0.39, 0.29) is 6.09 Å². The van der Waals surface area contributed by atoms with Crippen LogP contribution >= 0.6 is 0 Å². The Labute approximate surface area is 92.6 Å². The third-order valence-corrected chi connectivity index (χ3v) is 2.45. The number of ether oxygens (including phenoxy) is 1. The number of carbonyl (C=O) groups excluding carboxylic acids is 1. The summed E-state index contributed by atoms with van der Waals surface area (Å²) in [4.78, 5) is 11.5. The molecule has 3 nitrogen and oxygen atoms in total. The van der Waals surface area contributed by atoms with Crippen molar-refractivity contribution >= 4 is 6.09 Å². The molecule has 87 valence electrons. The minimum atomic E-state index is -0.412. The van der Waals surface area contributed by atoms with Crippen LogP contribution in [0, 0.1) is 12.0 Å². The summed E-state index contributed by atoms with van der Waals surface area (Å²) < 4.78 is 5.20. The summed E-state index contributed by atoms with van der Waals surface area (Å²) in [6, 6.07) is 1.13. The molecule has 15 heavy (non-hydrogen) atoms. The van der Waals surface area contributed by atoms with E-state index in [1.807, 2.05) is 20.8 Å². The Kier molecular flexibility index (Phi) is 4.00. The van der Waals surface area contributed by atoms with Gasteiger partial charge in [0.15, 0.2) is 0 Å². The first-order valence-corrected chi connectivity index (χ1v) is 5.71. The van der Waals surface area contributed by atoms with Crippen molar-refractivity contribution in [1.29, 1.82) is 0 Å². The van der Waals surface area contributed by atoms with E-state index in [9.17, 15) is 4.79 Å². The topological polar surface area (TPSA) is 38.3 Å². The third-order valence-electron chi connectivity index (χ3n) is 2.45. The standard InChI is InChI=1S/C12H22NO2/c1-9-6-5-7-10(8-9)13-11(14)15-12(2,3)4/h9H,5-8H2,1-4H3,(H,13,14)/t9-/m0/s1. The molecule has 1 rings (SSSR count). The van der Waals surface area contributed by atoms with E-state index >= 15 is 0 Å². The second-order valence-corrected chi connectivity index (χ2v) is 5.43. The predicted octanol–water partition coefficient (Wildman–Crippen LogP) is 3.25. The zero-order chi connectivity index (χ0) is 11.5. The molecule has 1 aliphatic rings. The summed E-state index contributed by atoms with van der Waals surface area (Å²) in [5.41, 5.74) is -0.412. The van der Waals surface area contributed by atoms with Crippen LogP contribution in [0.25, 0.3) is 0 Å². The molecule has 1 fully saturated rings. The van der Waals surface area contributed by atoms with Gasteiger partial charge in [-0.3, -0.25) is 0 Å². The first kappa shape index (κ1) is 12.3. The van der Waals surface area contributed by atoms with Gasteiger partial charge in [-0.1, -0.05) is 19.8 Å². The molecular weight excluding hydrogens is 190 g/mol. The third kappa shape index (κ3) is 5.05. The lowest BCUT2D eigenvalue weighted by molar-refractivity contribution is 0.0521. The smallest absolute Gasteiger partial charge is 0.408 e. The second-order valence-electron chi connectivity index (χ2n) is 5.43. The van der Waals surface area contributed by atoms with Crippen molar-refractivity contribution in [1.82, 2.24) is 5.32 Å². The molecule has 0 aliphatic heterocycles. The minimum Gasteiger partial charge on any atom is -0.444 e. The number of amides is 1. The summed E-state index contributed by atoms with van der Waals surface area (Å²) in [5, 5.41) is 2.86. The summed E-state index contributed by atoms with van der Waals surface area (Å²) in [6.07, 6.45) is 4.13. The molecule has 1 amide bonds. The van der Waals surface area contributed by atoms with Crippen LogP contribution in [0.15, 0.2) is 0 Å². The lowest BCUT2D eigenvalue weighted by Crippen LogP contribution is -2.36. The average molecular weight is 212 g/mol. The highest BCUT2D eigenvalue weighted by molar-refractivity contribution is 5.69. The predicted molar refractivity (Wildman–Crippen MR) is 60.2 cm³/mol. The zero-order valence-electron chi connectivity index (χ0n) is 10.2. The van der Waals surface area contributed by atoms with Crippen LogP contribution in [0.4, 0.5) is 4.79 Å². The summed E-state index contributed by atoms with van der Waals surface area (Å²) >= 11 is 0. The van der Waals surface area contributed by atoms with Crippen LogP contribution in [0.1, 0.15) is 53.4 Å². The van der Waals surface area contributed by atoms with Gasteiger partial charge in [0.05, 0.1) is 6.04 Å². The van der Waals surface area contributed by atoms with Crippen LogP contribution in [-0.2, 0) is 4.74 Å². The number of hydrogen-bond donors (Lipinski definition) is 1. The van der Waals surface area contributed by atoms with Gasteiger partial charge in [0.25, 0.3) is 0 Å². The van der Waals surface area contributed by atoms with Gasteiger partial charge in [-0.05, 0) is 39.5 Å². The zero-order valence-corrected chi connectivity index (χ0v) is 10.2. The molecule has 0 aromatic carbocycles. The fourth-order valence-electron chi connectivity index (χ4n) is 1.85. The molecule has 1 saturated carbocycles. The largest absolute Gasteiger partial charge is 0.444 e. The van der Waals surface area contributed by atoms with Crippen molar-refractivity contribution < 1.29 is 9.53 Å². The summed E-state index contributed by atoms with van der Waals surface area (Å²) in [7, 11) is 0. The van der Waals surface area contributed by atoms with Crippen LogP contribution in [0.2, 0.25) is 0 Å². The average Bonchev–Trinajstić information content (AvgIpc) is 1.99. The van der Waals surface area contributed by atoms with Crippen LogP contribution < -0.4 is 5.32 Å². The highest BCUT2D eigenvalue weighted by atomic mass is 16.6. The molecule has 1 aliphatic carbocycles. The molecular formula is C12H22NO2. The van der Waals surface area contributed by atoms with Gasteiger partial charge < -0.3 is 10.1 Å². The van der Waals surface area contributed by atoms with Gasteiger partial charge in [-0.15, -0.1) is 0 Å². The molecule has 0 aromatic rings. The van der Waals surface area contributed by atoms with Crippen molar-refractivity contribution in [2.45, 2.75) is 59.0 Å². The SMILES string of the molecule is C[C@H]1CCC[C](NC(=O)OC(C)(C)C)C1. The molecule has 1 radical (unpaired) electrons. The lowest BCUT2D eigenvalue weighted by atomic mass is 9.87. The van der Waals surface area contributed by atoms with E-state index in [2.05, 4.69) is 12.2 Å². The van der Waals surface area contributed by atoms with Gasteiger partial charge in [0.1, 0.15) is 5.60 Å². The normalized spacial score (nSPS) is 23.6. The van der Waals surface area contributed by atoms with Crippen molar-refractivity contribution in [3.8, 4) is 0 Å². The van der Waals surface area contributed by atoms with Gasteiger partial charge in [-0.25, -0.2) is 4.79 Å². The van der Waals surface area contributed by atoms with E-state index in [1.165, 1.54) is 12.8 Å². The Morgan fingerprint density at radius 2 is 2.13 bits per heavy atom. The Balaban J connectivity index is 2.31. The monoisotopic (exact) mass is 212 g/mol. The van der Waals surface area contributed by atoms with Crippen LogP contribution in [0.5, 0.6) is 0 Å². The number of rotatable bonds is 1. The molecule has 0 saturated heterocycles. The molecule has 0 heterocycles. The maximum absolute atomic E-state index is 11.5. The van der Waals surface area contributed by atoms with Crippen molar-refractivity contribution in [2.75, 3.05) is 0 Å². The van der Waals surface area contributed by atoms with E-state index in [1.54, 1.807) is 0 Å². The highest BCUT2D eigenvalue weighted by Crippen LogP contribution is 2.28. The Bertz CT molecular complexity index is 220. The Morgan fingerprint density at radius 3 is 2.67 bits per heavy atom. The van der Waals surface area contributed by atoms with Crippen molar-refractivity contribution in [3.63, 3.8) is 0 Å². The molecule has 0 aromatic heterocycles. The number of hydrogen-bond acceptors (Lipinski definition) is 2. The fraction of sp³-hybridized carbons (Fsp3) is 0.833. The summed E-state index contributed by atoms with van der Waals surface area (Å²) in [6.45, 7) is 7.85. The first-order valence-electron chi connectivity index (χ1n) is 5.71. The number of carbonyl (C=O) groups is 1. The highest BCUT2D eigenvalue weighted by Gasteiger charge is 2.23. The molecule has 0 unspecified atom stereocenters. The molecule has 0 bridgehead atoms. The Morgan fingerprint density at radius 1 is 1.47 bits per heavy atom. The first-order chi connectivity index (χ1) is 6.87. The molecule has 1 atom stereocenters. The number of nitrogens with one attached hydrogen (secondary N) is 1. The van der Waals surface area contributed by atoms with Crippen molar-refractivity contribution in [3.05, 3.63) is 6.04 Å². The molecule has 3 heteroatoms. The van der Waals surface area contributed by atoms with E-state index in [0.29, 0.717) is 5.92 Å². The second kappa shape index (κ2) is 4.86. The summed E-state index contributed by atoms with van der Waals surface area (Å²) in [5.74, 6) is 0.684. The van der Waals surface area contributed by atoms with Gasteiger partial charge in [0, 0.05) is 0 Å². The minimum absolute atomic E-state index is 0.313. The maximum atomic E-state index is 11.5. The van der Waals surface area contributed by atoms with E-state index in [0.717, 1.165) is 18.9 Å². The molecule has 0 spiro atoms. The Hall–Kier alpha value is -0.730. The quantitative estimate of drug-likeness (QED) is 0.724. The van der Waals surface area contributed by atoms with Gasteiger partial charge in [-0.2, -0.15) is 0 Å². The van der Waals surface area contributed by atoms with E-state index in [4.69, 9.17) is 4.74 Å². The number of alkyl carbamates (subject to hydrolysis) is 1. The fourth-order valence-corrected chi connectivity index (χ4v) is 1.85.